The van der Waals surface area contributed by atoms with Crippen LogP contribution >= 0.6 is 0 Å². The molecule has 2 saturated heterocycles. The molecule has 0 radical (unpaired) electrons. The Morgan fingerprint density at radius 1 is 1.03 bits per heavy atom. The SMILES string of the molecule is COc1cccc(C(CNC(=O)c2ccc(N3CCCCC3=O)cc2)N2CCCC2)c1. The summed E-state index contributed by atoms with van der Waals surface area (Å²) in [5, 5.41) is 3.12. The maximum Gasteiger partial charge on any atom is 0.251 e. The largest absolute Gasteiger partial charge is 0.497 e. The van der Waals surface area contributed by atoms with E-state index in [1.165, 1.54) is 12.8 Å². The van der Waals surface area contributed by atoms with Crippen LogP contribution in [0.25, 0.3) is 0 Å². The first-order valence-electron chi connectivity index (χ1n) is 11.2. The first-order valence-corrected chi connectivity index (χ1v) is 11.2. The van der Waals surface area contributed by atoms with Gasteiger partial charge in [0.15, 0.2) is 0 Å². The highest BCUT2D eigenvalue weighted by Gasteiger charge is 2.25. The Kier molecular flexibility index (Phi) is 6.87. The molecular formula is C25H31N3O3. The fourth-order valence-electron chi connectivity index (χ4n) is 4.52. The Morgan fingerprint density at radius 3 is 2.48 bits per heavy atom. The van der Waals surface area contributed by atoms with Crippen LogP contribution in [0.1, 0.15) is 54.1 Å². The van der Waals surface area contributed by atoms with Gasteiger partial charge in [0.05, 0.1) is 13.2 Å². The Labute approximate surface area is 184 Å². The second kappa shape index (κ2) is 9.96. The van der Waals surface area contributed by atoms with Gasteiger partial charge >= 0.3 is 0 Å². The maximum atomic E-state index is 12.8. The third kappa shape index (κ3) is 5.07. The van der Waals surface area contributed by atoms with Gasteiger partial charge in [0.2, 0.25) is 5.91 Å². The summed E-state index contributed by atoms with van der Waals surface area (Å²) in [6, 6.07) is 15.6. The molecule has 6 heteroatoms. The number of methoxy groups -OCH3 is 1. The molecule has 4 rings (SSSR count). The van der Waals surface area contributed by atoms with Crippen LogP contribution in [0.15, 0.2) is 48.5 Å². The first-order chi connectivity index (χ1) is 15.2. The minimum absolute atomic E-state index is 0.0939. The van der Waals surface area contributed by atoms with Crippen molar-refractivity contribution in [2.24, 2.45) is 0 Å². The molecule has 6 nitrogen and oxygen atoms in total. The van der Waals surface area contributed by atoms with Gasteiger partial charge in [-0.05, 0) is 80.7 Å². The molecule has 2 aliphatic rings. The van der Waals surface area contributed by atoms with Crippen LogP contribution in [0, 0.1) is 0 Å². The molecule has 0 saturated carbocycles. The summed E-state index contributed by atoms with van der Waals surface area (Å²) in [5.41, 5.74) is 2.63. The van der Waals surface area contributed by atoms with E-state index in [9.17, 15) is 9.59 Å². The average Bonchev–Trinajstić information content (AvgIpc) is 3.34. The molecule has 2 amide bonds. The highest BCUT2D eigenvalue weighted by Crippen LogP contribution is 2.27. The number of likely N-dealkylation sites (tertiary alicyclic amines) is 1. The molecule has 0 aliphatic carbocycles. The predicted octanol–water partition coefficient (Wildman–Crippen LogP) is 3.78. The van der Waals surface area contributed by atoms with Gasteiger partial charge in [0, 0.05) is 30.8 Å². The fraction of sp³-hybridized carbons (Fsp3) is 0.440. The number of hydrogen-bond acceptors (Lipinski definition) is 4. The second-order valence-electron chi connectivity index (χ2n) is 8.29. The third-order valence-electron chi connectivity index (χ3n) is 6.28. The molecule has 0 spiro atoms. The van der Waals surface area contributed by atoms with Crippen LogP contribution < -0.4 is 15.0 Å². The quantitative estimate of drug-likeness (QED) is 0.739. The molecule has 1 unspecified atom stereocenters. The lowest BCUT2D eigenvalue weighted by atomic mass is 10.0. The van der Waals surface area contributed by atoms with Crippen molar-refractivity contribution in [2.75, 3.05) is 38.2 Å². The predicted molar refractivity (Wildman–Crippen MR) is 122 cm³/mol. The minimum Gasteiger partial charge on any atom is -0.497 e. The van der Waals surface area contributed by atoms with E-state index in [1.54, 1.807) is 7.11 Å². The highest BCUT2D eigenvalue weighted by molar-refractivity contribution is 5.97. The molecule has 2 heterocycles. The average molecular weight is 422 g/mol. The molecule has 31 heavy (non-hydrogen) atoms. The van der Waals surface area contributed by atoms with Crippen LogP contribution in [-0.2, 0) is 4.79 Å². The third-order valence-corrected chi connectivity index (χ3v) is 6.28. The number of amides is 2. The van der Waals surface area contributed by atoms with Crippen LogP contribution in [0.2, 0.25) is 0 Å². The van der Waals surface area contributed by atoms with E-state index in [-0.39, 0.29) is 17.9 Å². The van der Waals surface area contributed by atoms with Crippen LogP contribution in [0.4, 0.5) is 5.69 Å². The van der Waals surface area contributed by atoms with Crippen LogP contribution in [0.5, 0.6) is 5.75 Å². The molecule has 2 aromatic carbocycles. The van der Waals surface area contributed by atoms with Crippen molar-refractivity contribution in [2.45, 2.75) is 38.1 Å². The molecule has 0 aromatic heterocycles. The van der Waals surface area contributed by atoms with E-state index >= 15 is 0 Å². The number of hydrogen-bond donors (Lipinski definition) is 1. The number of ether oxygens (including phenoxy) is 1. The minimum atomic E-state index is -0.0939. The number of piperidine rings is 1. The van der Waals surface area contributed by atoms with Crippen molar-refractivity contribution in [3.63, 3.8) is 0 Å². The number of rotatable bonds is 7. The zero-order valence-corrected chi connectivity index (χ0v) is 18.2. The van der Waals surface area contributed by atoms with Gasteiger partial charge in [-0.2, -0.15) is 0 Å². The number of anilines is 1. The summed E-state index contributed by atoms with van der Waals surface area (Å²) in [5.74, 6) is 0.898. The summed E-state index contributed by atoms with van der Waals surface area (Å²) < 4.78 is 5.40. The topological polar surface area (TPSA) is 61.9 Å². The van der Waals surface area contributed by atoms with Crippen LogP contribution in [0.3, 0.4) is 0 Å². The second-order valence-corrected chi connectivity index (χ2v) is 8.29. The summed E-state index contributed by atoms with van der Waals surface area (Å²) in [6.07, 6.45) is 4.96. The van der Waals surface area contributed by atoms with Gasteiger partial charge < -0.3 is 15.0 Å². The standard InChI is InChI=1S/C25H31N3O3/c1-31-22-8-6-7-20(17-22)23(27-14-4-5-15-27)18-26-25(30)19-10-12-21(13-11-19)28-16-3-2-9-24(28)29/h6-8,10-13,17,23H,2-5,9,14-16,18H2,1H3,(H,26,30). The molecular weight excluding hydrogens is 390 g/mol. The summed E-state index contributed by atoms with van der Waals surface area (Å²) >= 11 is 0. The molecule has 164 valence electrons. The van der Waals surface area contributed by atoms with Gasteiger partial charge in [-0.15, -0.1) is 0 Å². The van der Waals surface area contributed by atoms with E-state index in [0.29, 0.717) is 18.5 Å². The Hall–Kier alpha value is -2.86. The normalized spacial score (nSPS) is 18.1. The molecule has 2 aromatic rings. The first kappa shape index (κ1) is 21.4. The highest BCUT2D eigenvalue weighted by atomic mass is 16.5. The monoisotopic (exact) mass is 421 g/mol. The lowest BCUT2D eigenvalue weighted by Crippen LogP contribution is -2.37. The van der Waals surface area contributed by atoms with Gasteiger partial charge in [-0.1, -0.05) is 12.1 Å². The molecule has 2 aliphatic heterocycles. The summed E-state index contributed by atoms with van der Waals surface area (Å²) in [4.78, 5) is 29.2. The molecule has 0 bridgehead atoms. The Morgan fingerprint density at radius 2 is 1.77 bits per heavy atom. The van der Waals surface area contributed by atoms with E-state index in [4.69, 9.17) is 4.74 Å². The number of carbonyl (C=O) groups excluding carboxylic acids is 2. The van der Waals surface area contributed by atoms with Crippen molar-refractivity contribution >= 4 is 17.5 Å². The zero-order valence-electron chi connectivity index (χ0n) is 18.2. The Balaban J connectivity index is 1.43. The molecule has 1 N–H and O–H groups in total. The number of nitrogens with zero attached hydrogens (tertiary/aromatic N) is 2. The van der Waals surface area contributed by atoms with Gasteiger partial charge in [-0.3, -0.25) is 14.5 Å². The van der Waals surface area contributed by atoms with Gasteiger partial charge in [0.1, 0.15) is 5.75 Å². The van der Waals surface area contributed by atoms with E-state index < -0.39 is 0 Å². The zero-order chi connectivity index (χ0) is 21.6. The lowest BCUT2D eigenvalue weighted by Gasteiger charge is -2.28. The van der Waals surface area contributed by atoms with Gasteiger partial charge in [-0.25, -0.2) is 0 Å². The molecule has 1 atom stereocenters. The number of benzene rings is 2. The van der Waals surface area contributed by atoms with Crippen molar-refractivity contribution in [3.05, 3.63) is 59.7 Å². The van der Waals surface area contributed by atoms with Crippen molar-refractivity contribution in [1.82, 2.24) is 10.2 Å². The number of carbonyl (C=O) groups is 2. The van der Waals surface area contributed by atoms with Crippen molar-refractivity contribution in [1.29, 1.82) is 0 Å². The van der Waals surface area contributed by atoms with Crippen molar-refractivity contribution in [3.8, 4) is 5.75 Å². The summed E-state index contributed by atoms with van der Waals surface area (Å²) in [7, 11) is 1.67. The smallest absolute Gasteiger partial charge is 0.251 e. The lowest BCUT2D eigenvalue weighted by molar-refractivity contribution is -0.119. The molecule has 2 fully saturated rings. The van der Waals surface area contributed by atoms with Crippen molar-refractivity contribution < 1.29 is 14.3 Å². The van der Waals surface area contributed by atoms with E-state index in [2.05, 4.69) is 22.3 Å². The summed E-state index contributed by atoms with van der Waals surface area (Å²) in [6.45, 7) is 3.37. The fourth-order valence-corrected chi connectivity index (χ4v) is 4.52. The van der Waals surface area contributed by atoms with E-state index in [0.717, 1.165) is 49.5 Å². The van der Waals surface area contributed by atoms with Gasteiger partial charge in [0.25, 0.3) is 5.91 Å². The van der Waals surface area contributed by atoms with E-state index in [1.807, 2.05) is 41.3 Å². The number of nitrogens with one attached hydrogen (secondary N) is 1. The Bertz CT molecular complexity index is 906. The maximum absolute atomic E-state index is 12.8. The van der Waals surface area contributed by atoms with Crippen LogP contribution in [-0.4, -0.2) is 50.0 Å².